The third kappa shape index (κ3) is 3.98. The highest BCUT2D eigenvalue weighted by Crippen LogP contribution is 2.64. The van der Waals surface area contributed by atoms with E-state index in [9.17, 15) is 43.2 Å². The van der Waals surface area contributed by atoms with Gasteiger partial charge in [-0.2, -0.15) is 0 Å². The summed E-state index contributed by atoms with van der Waals surface area (Å²) in [7, 11) is 0. The van der Waals surface area contributed by atoms with Crippen molar-refractivity contribution in [3.8, 4) is 5.75 Å². The van der Waals surface area contributed by atoms with Crippen molar-refractivity contribution in [1.29, 1.82) is 0 Å². The summed E-state index contributed by atoms with van der Waals surface area (Å²) < 4.78 is 28.9. The lowest BCUT2D eigenvalue weighted by molar-refractivity contribution is -0.384. The number of anilines is 2. The van der Waals surface area contributed by atoms with Crippen LogP contribution in [0.4, 0.5) is 25.8 Å². The number of nitrogens with zero attached hydrogens (tertiary/aromatic N) is 3. The summed E-state index contributed by atoms with van der Waals surface area (Å²) in [4.78, 5) is 68.8. The van der Waals surface area contributed by atoms with Gasteiger partial charge in [0.2, 0.25) is 23.6 Å². The van der Waals surface area contributed by atoms with E-state index in [1.54, 1.807) is 13.0 Å². The molecule has 0 unspecified atom stereocenters. The van der Waals surface area contributed by atoms with Crippen molar-refractivity contribution in [2.24, 2.45) is 29.1 Å². The van der Waals surface area contributed by atoms with Crippen LogP contribution in [0, 0.1) is 50.8 Å². The average Bonchev–Trinajstić information content (AvgIpc) is 3.40. The molecule has 3 fully saturated rings. The summed E-state index contributed by atoms with van der Waals surface area (Å²) in [5, 5.41) is 21.8. The van der Waals surface area contributed by atoms with Crippen molar-refractivity contribution < 1.29 is 38.0 Å². The topological polar surface area (TPSA) is 138 Å². The van der Waals surface area contributed by atoms with Gasteiger partial charge in [0, 0.05) is 23.6 Å². The second-order valence-electron chi connectivity index (χ2n) is 12.2. The van der Waals surface area contributed by atoms with Gasteiger partial charge in [0.15, 0.2) is 11.6 Å². The van der Waals surface area contributed by atoms with Gasteiger partial charge in [-0.3, -0.25) is 34.2 Å². The highest BCUT2D eigenvalue weighted by atomic mass is 35.5. The maximum absolute atomic E-state index is 14.8. The van der Waals surface area contributed by atoms with Crippen LogP contribution in [-0.4, -0.2) is 33.7 Å². The molecule has 2 heterocycles. The minimum atomic E-state index is -1.57. The van der Waals surface area contributed by atoms with E-state index >= 15 is 0 Å². The molecule has 2 aliphatic heterocycles. The number of phenols is 1. The first-order valence-corrected chi connectivity index (χ1v) is 14.9. The molecule has 2 aliphatic carbocycles. The fraction of sp³-hybridized carbons (Fsp3) is 0.273. The van der Waals surface area contributed by atoms with E-state index in [0.717, 1.165) is 28.0 Å². The van der Waals surface area contributed by atoms with Gasteiger partial charge in [-0.15, -0.1) is 0 Å². The number of non-ortho nitro benzene ring substituents is 1. The minimum Gasteiger partial charge on any atom is -0.505 e. The molecule has 3 aromatic rings. The number of carbonyl (C=O) groups excluding carboxylic acids is 4. The van der Waals surface area contributed by atoms with E-state index < -0.39 is 80.9 Å². The molecule has 46 heavy (non-hydrogen) atoms. The van der Waals surface area contributed by atoms with Crippen molar-refractivity contribution in [3.05, 3.63) is 105 Å². The third-order valence-corrected chi connectivity index (χ3v) is 10.4. The van der Waals surface area contributed by atoms with Gasteiger partial charge < -0.3 is 5.11 Å². The smallest absolute Gasteiger partial charge is 0.269 e. The molecule has 4 amide bonds. The number of allylic oxidation sites excluding steroid dienone is 2. The number of nitro groups is 1. The first-order valence-electron chi connectivity index (χ1n) is 14.5. The number of benzene rings is 3. The van der Waals surface area contributed by atoms with Crippen molar-refractivity contribution in [1.82, 2.24) is 0 Å². The van der Waals surface area contributed by atoms with Gasteiger partial charge in [0.25, 0.3) is 5.69 Å². The van der Waals surface area contributed by atoms with Crippen LogP contribution in [0.15, 0.2) is 72.3 Å². The zero-order valence-electron chi connectivity index (χ0n) is 24.0. The average molecular weight is 648 g/mol. The Morgan fingerprint density at radius 3 is 2.28 bits per heavy atom. The summed E-state index contributed by atoms with van der Waals surface area (Å²) in [6, 6.07) is 12.3. The molecule has 0 aromatic heterocycles. The molecule has 4 aliphatic rings. The molecular formula is C33H24ClF2N3O7. The lowest BCUT2D eigenvalue weighted by atomic mass is 9.51. The number of carbonyl (C=O) groups is 4. The second-order valence-corrected chi connectivity index (χ2v) is 12.6. The van der Waals surface area contributed by atoms with Crippen LogP contribution in [-0.2, 0) is 19.2 Å². The van der Waals surface area contributed by atoms with Crippen molar-refractivity contribution >= 4 is 52.3 Å². The van der Waals surface area contributed by atoms with E-state index in [2.05, 4.69) is 0 Å². The van der Waals surface area contributed by atoms with E-state index in [0.29, 0.717) is 5.57 Å². The SMILES string of the molecule is C[C@@]12C(=O)N(c3ccc(F)c(Cl)c3)C(=O)[C@@H]1C[C@@H]1C(=CC[C@@H]3C(=O)N(c4ccc([N+](=O)[O-])cc4)C(=O)[C@@H]31)[C@@H]2c1cccc(F)c1O. The predicted molar refractivity (Wildman–Crippen MR) is 160 cm³/mol. The van der Waals surface area contributed by atoms with Crippen molar-refractivity contribution in [2.75, 3.05) is 9.80 Å². The number of imide groups is 2. The van der Waals surface area contributed by atoms with Crippen molar-refractivity contribution in [3.63, 3.8) is 0 Å². The number of nitro benzene ring substituents is 1. The van der Waals surface area contributed by atoms with E-state index in [1.807, 2.05) is 0 Å². The number of hydrogen-bond donors (Lipinski definition) is 1. The Labute approximate surface area is 265 Å². The summed E-state index contributed by atoms with van der Waals surface area (Å²) in [6.07, 6.45) is 1.82. The Hall–Kier alpha value is -4.97. The molecule has 2 saturated heterocycles. The van der Waals surface area contributed by atoms with E-state index in [-0.39, 0.29) is 40.5 Å². The van der Waals surface area contributed by atoms with E-state index in [1.165, 1.54) is 42.5 Å². The molecule has 13 heteroatoms. The van der Waals surface area contributed by atoms with E-state index in [4.69, 9.17) is 11.6 Å². The van der Waals surface area contributed by atoms with Gasteiger partial charge >= 0.3 is 0 Å². The lowest BCUT2D eigenvalue weighted by Crippen LogP contribution is -2.49. The van der Waals surface area contributed by atoms with Gasteiger partial charge in [-0.1, -0.05) is 35.4 Å². The number of halogens is 3. The molecular weight excluding hydrogens is 624 g/mol. The first kappa shape index (κ1) is 29.7. The number of amides is 4. The minimum absolute atomic E-state index is 0.0147. The van der Waals surface area contributed by atoms with Crippen LogP contribution in [0.3, 0.4) is 0 Å². The molecule has 1 N–H and O–H groups in total. The van der Waals surface area contributed by atoms with Gasteiger partial charge in [-0.05, 0) is 62.1 Å². The van der Waals surface area contributed by atoms with Gasteiger partial charge in [-0.25, -0.2) is 13.7 Å². The molecule has 10 nitrogen and oxygen atoms in total. The zero-order valence-corrected chi connectivity index (χ0v) is 24.8. The summed E-state index contributed by atoms with van der Waals surface area (Å²) in [6.45, 7) is 1.56. The third-order valence-electron chi connectivity index (χ3n) is 10.1. The Bertz CT molecular complexity index is 1930. The summed E-state index contributed by atoms with van der Waals surface area (Å²) in [5.74, 6) is -9.44. The Morgan fingerprint density at radius 1 is 0.913 bits per heavy atom. The Balaban J connectivity index is 1.36. The number of phenolic OH excluding ortho intramolecular Hbond substituents is 1. The van der Waals surface area contributed by atoms with Crippen LogP contribution in [0.5, 0.6) is 5.75 Å². The first-order chi connectivity index (χ1) is 21.9. The van der Waals surface area contributed by atoms with Crippen LogP contribution < -0.4 is 9.80 Å². The molecule has 0 spiro atoms. The van der Waals surface area contributed by atoms with Gasteiger partial charge in [0.05, 0.1) is 44.5 Å². The highest BCUT2D eigenvalue weighted by Gasteiger charge is 2.68. The summed E-state index contributed by atoms with van der Waals surface area (Å²) >= 11 is 6.00. The molecule has 234 valence electrons. The van der Waals surface area contributed by atoms with Crippen LogP contribution >= 0.6 is 11.6 Å². The lowest BCUT2D eigenvalue weighted by Gasteiger charge is -2.49. The molecule has 6 atom stereocenters. The molecule has 0 radical (unpaired) electrons. The second kappa shape index (κ2) is 10.3. The maximum atomic E-state index is 14.8. The monoisotopic (exact) mass is 647 g/mol. The predicted octanol–water partition coefficient (Wildman–Crippen LogP) is 5.67. The zero-order chi connectivity index (χ0) is 32.8. The largest absolute Gasteiger partial charge is 0.505 e. The maximum Gasteiger partial charge on any atom is 0.269 e. The summed E-state index contributed by atoms with van der Waals surface area (Å²) in [5.41, 5.74) is -1.03. The van der Waals surface area contributed by atoms with Crippen LogP contribution in [0.2, 0.25) is 5.02 Å². The normalized spacial score (nSPS) is 28.6. The fourth-order valence-corrected chi connectivity index (χ4v) is 8.15. The number of para-hydroxylation sites is 1. The number of hydrogen-bond acceptors (Lipinski definition) is 7. The highest BCUT2D eigenvalue weighted by molar-refractivity contribution is 6.32. The Morgan fingerprint density at radius 2 is 1.61 bits per heavy atom. The Kier molecular flexibility index (Phi) is 6.64. The number of fused-ring (bicyclic) bond motifs is 4. The van der Waals surface area contributed by atoms with Crippen molar-refractivity contribution in [2.45, 2.75) is 25.7 Å². The number of aromatic hydroxyl groups is 1. The molecule has 0 bridgehead atoms. The molecule has 7 rings (SSSR count). The fourth-order valence-electron chi connectivity index (χ4n) is 7.97. The van der Waals surface area contributed by atoms with Gasteiger partial charge in [0.1, 0.15) is 5.82 Å². The standard InChI is InChI=1S/C33H24ClF2N3O7/c1-33-22(30(42)38(32(33)44)17-9-12-24(35)23(34)13-17)14-21-18(27(33)20-3-2-4-25(36)28(20)40)10-11-19-26(21)31(43)37(29(19)41)15-5-7-16(8-6-15)39(45)46/h2-10,12-13,19,21-22,26-27,40H,11,14H2,1H3/t19-,21+,22-,26-,27+,33+/m0/s1. The van der Waals surface area contributed by atoms with Crippen LogP contribution in [0.1, 0.15) is 31.2 Å². The van der Waals surface area contributed by atoms with Crippen LogP contribution in [0.25, 0.3) is 0 Å². The molecule has 3 aromatic carbocycles. The number of rotatable bonds is 4. The molecule has 1 saturated carbocycles. The quantitative estimate of drug-likeness (QED) is 0.167.